The van der Waals surface area contributed by atoms with E-state index in [-0.39, 0.29) is 4.90 Å². The van der Waals surface area contributed by atoms with Crippen molar-refractivity contribution in [1.29, 1.82) is 0 Å². The highest BCUT2D eigenvalue weighted by molar-refractivity contribution is 7.89. The van der Waals surface area contributed by atoms with Crippen LogP contribution in [-0.2, 0) is 10.0 Å². The molecule has 0 atom stereocenters. The van der Waals surface area contributed by atoms with Gasteiger partial charge in [0.2, 0.25) is 10.0 Å². The zero-order valence-corrected chi connectivity index (χ0v) is 14.1. The number of nitrogens with zero attached hydrogens (tertiary/aromatic N) is 1. The number of halogens is 1. The van der Waals surface area contributed by atoms with Crippen LogP contribution < -0.4 is 4.72 Å². The number of benzene rings is 1. The minimum atomic E-state index is -3.46. The smallest absolute Gasteiger partial charge is 0.240 e. The van der Waals surface area contributed by atoms with Gasteiger partial charge in [0.25, 0.3) is 0 Å². The molecule has 1 aromatic rings. The SMILES string of the molecule is CC(C)N1CCC(CNS(=O)(=O)c2cccc(Cl)c2)CC1. The van der Waals surface area contributed by atoms with Crippen LogP contribution in [0.5, 0.6) is 0 Å². The zero-order chi connectivity index (χ0) is 15.5. The van der Waals surface area contributed by atoms with Crippen molar-refractivity contribution in [2.75, 3.05) is 19.6 Å². The molecular formula is C15H23ClN2O2S. The normalized spacial score (nSPS) is 18.3. The van der Waals surface area contributed by atoms with Crippen LogP contribution in [-0.4, -0.2) is 39.0 Å². The Hall–Kier alpha value is -0.620. The van der Waals surface area contributed by atoms with E-state index in [2.05, 4.69) is 23.5 Å². The highest BCUT2D eigenvalue weighted by atomic mass is 35.5. The molecule has 0 saturated carbocycles. The van der Waals surface area contributed by atoms with Crippen LogP contribution in [0.2, 0.25) is 5.02 Å². The van der Waals surface area contributed by atoms with Gasteiger partial charge in [-0.15, -0.1) is 0 Å². The summed E-state index contributed by atoms with van der Waals surface area (Å²) in [6, 6.07) is 6.93. The van der Waals surface area contributed by atoms with E-state index >= 15 is 0 Å². The molecule has 2 rings (SSSR count). The second kappa shape index (κ2) is 7.09. The van der Waals surface area contributed by atoms with Gasteiger partial charge in [-0.2, -0.15) is 0 Å². The molecule has 0 aromatic heterocycles. The molecule has 0 amide bonds. The summed E-state index contributed by atoms with van der Waals surface area (Å²) < 4.78 is 27.2. The molecule has 0 aliphatic carbocycles. The third kappa shape index (κ3) is 4.68. The van der Waals surface area contributed by atoms with E-state index in [1.165, 1.54) is 6.07 Å². The predicted octanol–water partition coefficient (Wildman–Crippen LogP) is 2.74. The van der Waals surface area contributed by atoms with Crippen LogP contribution in [0.1, 0.15) is 26.7 Å². The molecule has 118 valence electrons. The van der Waals surface area contributed by atoms with E-state index in [4.69, 9.17) is 11.6 Å². The lowest BCUT2D eigenvalue weighted by Gasteiger charge is -2.34. The number of nitrogens with one attached hydrogen (secondary N) is 1. The Balaban J connectivity index is 1.88. The lowest BCUT2D eigenvalue weighted by atomic mass is 9.96. The van der Waals surface area contributed by atoms with E-state index in [0.717, 1.165) is 25.9 Å². The molecule has 1 aromatic carbocycles. The van der Waals surface area contributed by atoms with Gasteiger partial charge in [-0.3, -0.25) is 0 Å². The first-order valence-electron chi connectivity index (χ1n) is 7.38. The van der Waals surface area contributed by atoms with E-state index in [0.29, 0.717) is 23.5 Å². The maximum atomic E-state index is 12.2. The Morgan fingerprint density at radius 2 is 2.00 bits per heavy atom. The lowest BCUT2D eigenvalue weighted by molar-refractivity contribution is 0.151. The largest absolute Gasteiger partial charge is 0.301 e. The monoisotopic (exact) mass is 330 g/mol. The van der Waals surface area contributed by atoms with Gasteiger partial charge in [0.05, 0.1) is 4.90 Å². The summed E-state index contributed by atoms with van der Waals surface area (Å²) >= 11 is 5.85. The highest BCUT2D eigenvalue weighted by Gasteiger charge is 2.23. The molecule has 4 nitrogen and oxygen atoms in total. The van der Waals surface area contributed by atoms with Crippen LogP contribution in [0.4, 0.5) is 0 Å². The fourth-order valence-electron chi connectivity index (χ4n) is 2.62. The summed E-state index contributed by atoms with van der Waals surface area (Å²) in [5, 5.41) is 0.433. The van der Waals surface area contributed by atoms with Crippen LogP contribution in [0.25, 0.3) is 0 Å². The average Bonchev–Trinajstić information content (AvgIpc) is 2.45. The Kier molecular flexibility index (Phi) is 5.66. The molecule has 1 fully saturated rings. The van der Waals surface area contributed by atoms with Crippen LogP contribution in [0.15, 0.2) is 29.2 Å². The standard InChI is InChI=1S/C15H23ClN2O2S/c1-12(2)18-8-6-13(7-9-18)11-17-21(19,20)15-5-3-4-14(16)10-15/h3-5,10,12-13,17H,6-9,11H2,1-2H3. The minimum absolute atomic E-state index is 0.231. The maximum Gasteiger partial charge on any atom is 0.240 e. The van der Waals surface area contributed by atoms with Gasteiger partial charge in [0.15, 0.2) is 0 Å². The van der Waals surface area contributed by atoms with Crippen molar-refractivity contribution in [3.63, 3.8) is 0 Å². The molecule has 6 heteroatoms. The van der Waals surface area contributed by atoms with Crippen molar-refractivity contribution >= 4 is 21.6 Å². The maximum absolute atomic E-state index is 12.2. The number of hydrogen-bond donors (Lipinski definition) is 1. The summed E-state index contributed by atoms with van der Waals surface area (Å²) in [5.74, 6) is 0.411. The van der Waals surface area contributed by atoms with Gasteiger partial charge in [-0.25, -0.2) is 13.1 Å². The van der Waals surface area contributed by atoms with Crippen LogP contribution >= 0.6 is 11.6 Å². The second-order valence-electron chi connectivity index (χ2n) is 5.88. The minimum Gasteiger partial charge on any atom is -0.301 e. The number of piperidine rings is 1. The summed E-state index contributed by atoms with van der Waals surface area (Å²) in [5.41, 5.74) is 0. The van der Waals surface area contributed by atoms with E-state index < -0.39 is 10.0 Å². The molecule has 0 bridgehead atoms. The predicted molar refractivity (Wildman–Crippen MR) is 86.1 cm³/mol. The first-order valence-corrected chi connectivity index (χ1v) is 9.24. The van der Waals surface area contributed by atoms with E-state index in [9.17, 15) is 8.42 Å². The Labute approximate surface area is 132 Å². The van der Waals surface area contributed by atoms with E-state index in [1.54, 1.807) is 18.2 Å². The van der Waals surface area contributed by atoms with Gasteiger partial charge >= 0.3 is 0 Å². The average molecular weight is 331 g/mol. The van der Waals surface area contributed by atoms with Crippen molar-refractivity contribution in [2.45, 2.75) is 37.6 Å². The van der Waals surface area contributed by atoms with Crippen LogP contribution in [0.3, 0.4) is 0 Å². The number of sulfonamides is 1. The van der Waals surface area contributed by atoms with Crippen molar-refractivity contribution < 1.29 is 8.42 Å². The van der Waals surface area contributed by atoms with Crippen LogP contribution in [0, 0.1) is 5.92 Å². The summed E-state index contributed by atoms with van der Waals surface area (Å²) in [6.07, 6.45) is 2.08. The third-order valence-corrected chi connectivity index (χ3v) is 5.70. The summed E-state index contributed by atoms with van der Waals surface area (Å²) in [4.78, 5) is 2.66. The molecule has 0 radical (unpaired) electrons. The fourth-order valence-corrected chi connectivity index (χ4v) is 4.04. The van der Waals surface area contributed by atoms with Crippen molar-refractivity contribution in [1.82, 2.24) is 9.62 Å². The third-order valence-electron chi connectivity index (χ3n) is 4.05. The molecule has 1 heterocycles. The molecule has 1 N–H and O–H groups in total. The number of rotatable bonds is 5. The number of likely N-dealkylation sites (tertiary alicyclic amines) is 1. The Morgan fingerprint density at radius 1 is 1.33 bits per heavy atom. The molecule has 0 spiro atoms. The zero-order valence-electron chi connectivity index (χ0n) is 12.5. The van der Waals surface area contributed by atoms with Gasteiger partial charge < -0.3 is 4.90 Å². The molecule has 1 aliphatic rings. The van der Waals surface area contributed by atoms with E-state index in [1.807, 2.05) is 0 Å². The Morgan fingerprint density at radius 3 is 2.57 bits per heavy atom. The Bertz CT molecular complexity index is 567. The van der Waals surface area contributed by atoms with Gasteiger partial charge in [0, 0.05) is 17.6 Å². The first kappa shape index (κ1) is 16.7. The first-order chi connectivity index (χ1) is 9.88. The molecule has 21 heavy (non-hydrogen) atoms. The lowest BCUT2D eigenvalue weighted by Crippen LogP contribution is -2.41. The highest BCUT2D eigenvalue weighted by Crippen LogP contribution is 2.20. The second-order valence-corrected chi connectivity index (χ2v) is 8.09. The quantitative estimate of drug-likeness (QED) is 0.903. The van der Waals surface area contributed by atoms with Crippen molar-refractivity contribution in [2.24, 2.45) is 5.92 Å². The number of hydrogen-bond acceptors (Lipinski definition) is 3. The summed E-state index contributed by atoms with van der Waals surface area (Å²) in [6.45, 7) is 6.98. The molecule has 1 saturated heterocycles. The topological polar surface area (TPSA) is 49.4 Å². The summed E-state index contributed by atoms with van der Waals surface area (Å²) in [7, 11) is -3.46. The van der Waals surface area contributed by atoms with Gasteiger partial charge in [-0.05, 0) is 63.9 Å². The van der Waals surface area contributed by atoms with Gasteiger partial charge in [-0.1, -0.05) is 17.7 Å². The molecule has 0 unspecified atom stereocenters. The van der Waals surface area contributed by atoms with Gasteiger partial charge in [0.1, 0.15) is 0 Å². The molecule has 1 aliphatic heterocycles. The van der Waals surface area contributed by atoms with Crippen molar-refractivity contribution in [3.8, 4) is 0 Å². The fraction of sp³-hybridized carbons (Fsp3) is 0.600. The molecular weight excluding hydrogens is 308 g/mol. The van der Waals surface area contributed by atoms with Crippen molar-refractivity contribution in [3.05, 3.63) is 29.3 Å².